The van der Waals surface area contributed by atoms with E-state index in [9.17, 15) is 17.6 Å². The van der Waals surface area contributed by atoms with E-state index in [2.05, 4.69) is 5.32 Å². The maximum absolute atomic E-state index is 14.3. The number of carbonyl (C=O) groups is 1. The molecule has 2 heterocycles. The van der Waals surface area contributed by atoms with Crippen molar-refractivity contribution < 1.29 is 17.6 Å². The van der Waals surface area contributed by atoms with E-state index >= 15 is 0 Å². The molecule has 8 heteroatoms. The fourth-order valence-electron chi connectivity index (χ4n) is 3.15. The first-order valence-corrected chi connectivity index (χ1v) is 10.8. The molecular formula is C19H13ClFNO3S2. The van der Waals surface area contributed by atoms with Crippen LogP contribution in [0.25, 0.3) is 0 Å². The SMILES string of the molecule is O=C1C[C@@H](c2ccccc2F)c2scc(S(=O)(=O)c3ccc(Cl)cc3)c2N1. The fourth-order valence-corrected chi connectivity index (χ4v) is 6.18. The molecule has 1 aliphatic heterocycles. The van der Waals surface area contributed by atoms with Gasteiger partial charge in [0.15, 0.2) is 0 Å². The van der Waals surface area contributed by atoms with Crippen molar-refractivity contribution in [1.29, 1.82) is 0 Å². The molecule has 0 unspecified atom stereocenters. The predicted octanol–water partition coefficient (Wildman–Crippen LogP) is 4.85. The number of benzene rings is 2. The Hall–Kier alpha value is -2.22. The van der Waals surface area contributed by atoms with E-state index in [1.165, 1.54) is 47.0 Å². The Bertz CT molecular complexity index is 1140. The van der Waals surface area contributed by atoms with Crippen molar-refractivity contribution in [3.05, 3.63) is 75.2 Å². The van der Waals surface area contributed by atoms with E-state index in [1.54, 1.807) is 18.2 Å². The maximum Gasteiger partial charge on any atom is 0.225 e. The van der Waals surface area contributed by atoms with Crippen LogP contribution in [0.4, 0.5) is 10.1 Å². The molecule has 1 atom stereocenters. The van der Waals surface area contributed by atoms with Crippen molar-refractivity contribution in [3.8, 4) is 0 Å². The number of nitrogens with one attached hydrogen (secondary N) is 1. The van der Waals surface area contributed by atoms with E-state index in [0.29, 0.717) is 15.5 Å². The van der Waals surface area contributed by atoms with Crippen LogP contribution in [0.3, 0.4) is 0 Å². The maximum atomic E-state index is 14.3. The number of thiophene rings is 1. The van der Waals surface area contributed by atoms with E-state index in [-0.39, 0.29) is 27.8 Å². The first-order chi connectivity index (χ1) is 12.9. The Kier molecular flexibility index (Phi) is 4.53. The zero-order valence-electron chi connectivity index (χ0n) is 13.8. The summed E-state index contributed by atoms with van der Waals surface area (Å²) in [4.78, 5) is 13.0. The molecule has 0 radical (unpaired) electrons. The molecular weight excluding hydrogens is 409 g/mol. The summed E-state index contributed by atoms with van der Waals surface area (Å²) in [5, 5.41) is 4.58. The third kappa shape index (κ3) is 3.16. The molecule has 4 nitrogen and oxygen atoms in total. The van der Waals surface area contributed by atoms with Gasteiger partial charge in [-0.25, -0.2) is 12.8 Å². The molecule has 27 heavy (non-hydrogen) atoms. The van der Waals surface area contributed by atoms with Crippen LogP contribution in [0.2, 0.25) is 5.02 Å². The summed E-state index contributed by atoms with van der Waals surface area (Å²) in [6, 6.07) is 12.1. The van der Waals surface area contributed by atoms with Gasteiger partial charge in [0, 0.05) is 27.6 Å². The molecule has 0 saturated carbocycles. The number of fused-ring (bicyclic) bond motifs is 1. The zero-order valence-corrected chi connectivity index (χ0v) is 16.2. The largest absolute Gasteiger partial charge is 0.324 e. The van der Waals surface area contributed by atoms with Crippen molar-refractivity contribution in [1.82, 2.24) is 0 Å². The summed E-state index contributed by atoms with van der Waals surface area (Å²) in [5.74, 6) is -1.28. The molecule has 1 aliphatic rings. The summed E-state index contributed by atoms with van der Waals surface area (Å²) in [6.45, 7) is 0. The molecule has 0 aliphatic carbocycles. The quantitative estimate of drug-likeness (QED) is 0.657. The number of rotatable bonds is 3. The number of anilines is 1. The molecule has 1 aromatic heterocycles. The highest BCUT2D eigenvalue weighted by Crippen LogP contribution is 2.46. The molecule has 1 amide bonds. The van der Waals surface area contributed by atoms with Crippen molar-refractivity contribution in [3.63, 3.8) is 0 Å². The number of halogens is 2. The highest BCUT2D eigenvalue weighted by molar-refractivity contribution is 7.91. The Labute approximate surface area is 164 Å². The van der Waals surface area contributed by atoms with Crippen LogP contribution < -0.4 is 5.32 Å². The van der Waals surface area contributed by atoms with Crippen molar-refractivity contribution in [2.75, 3.05) is 5.32 Å². The summed E-state index contributed by atoms with van der Waals surface area (Å²) >= 11 is 7.04. The van der Waals surface area contributed by atoms with Crippen molar-refractivity contribution >= 4 is 44.4 Å². The smallest absolute Gasteiger partial charge is 0.225 e. The third-order valence-electron chi connectivity index (χ3n) is 4.45. The van der Waals surface area contributed by atoms with Gasteiger partial charge >= 0.3 is 0 Å². The van der Waals surface area contributed by atoms with Crippen LogP contribution in [-0.2, 0) is 14.6 Å². The lowest BCUT2D eigenvalue weighted by Crippen LogP contribution is -2.24. The number of hydrogen-bond acceptors (Lipinski definition) is 4. The van der Waals surface area contributed by atoms with Crippen LogP contribution in [-0.4, -0.2) is 14.3 Å². The highest BCUT2D eigenvalue weighted by Gasteiger charge is 2.35. The van der Waals surface area contributed by atoms with Gasteiger partial charge in [0.05, 0.1) is 10.6 Å². The summed E-state index contributed by atoms with van der Waals surface area (Å²) < 4.78 is 40.3. The number of sulfone groups is 1. The summed E-state index contributed by atoms with van der Waals surface area (Å²) in [5.41, 5.74) is 0.616. The second-order valence-corrected chi connectivity index (χ2v) is 9.39. The molecule has 1 N–H and O–H groups in total. The van der Waals surface area contributed by atoms with Gasteiger partial charge < -0.3 is 5.32 Å². The molecule has 0 bridgehead atoms. The lowest BCUT2D eigenvalue weighted by Gasteiger charge is -2.24. The monoisotopic (exact) mass is 421 g/mol. The van der Waals surface area contributed by atoms with Crippen molar-refractivity contribution in [2.24, 2.45) is 0 Å². The average molecular weight is 422 g/mol. The summed E-state index contributed by atoms with van der Waals surface area (Å²) in [7, 11) is -3.85. The van der Waals surface area contributed by atoms with Gasteiger partial charge in [-0.3, -0.25) is 4.79 Å². The minimum Gasteiger partial charge on any atom is -0.324 e. The standard InChI is InChI=1S/C19H13ClFNO3S2/c20-11-5-7-12(8-6-11)27(24,25)16-10-26-19-14(9-17(23)22-18(16)19)13-3-1-2-4-15(13)21/h1-8,10,14H,9H2,(H,22,23)/t14-/m0/s1. The highest BCUT2D eigenvalue weighted by atomic mass is 35.5. The lowest BCUT2D eigenvalue weighted by atomic mass is 9.90. The zero-order chi connectivity index (χ0) is 19.2. The van der Waals surface area contributed by atoms with E-state index in [4.69, 9.17) is 11.6 Å². The van der Waals surface area contributed by atoms with Crippen LogP contribution in [0.1, 0.15) is 22.8 Å². The van der Waals surface area contributed by atoms with Gasteiger partial charge in [-0.2, -0.15) is 0 Å². The summed E-state index contributed by atoms with van der Waals surface area (Å²) in [6.07, 6.45) is 0.0644. The Morgan fingerprint density at radius 1 is 1.11 bits per heavy atom. The lowest BCUT2D eigenvalue weighted by molar-refractivity contribution is -0.116. The Morgan fingerprint density at radius 2 is 1.81 bits per heavy atom. The number of carbonyl (C=O) groups excluding carboxylic acids is 1. The van der Waals surface area contributed by atoms with Gasteiger partial charge in [-0.05, 0) is 35.9 Å². The minimum atomic E-state index is -3.85. The average Bonchev–Trinajstić information content (AvgIpc) is 3.06. The molecule has 4 rings (SSSR count). The number of amides is 1. The topological polar surface area (TPSA) is 63.2 Å². The van der Waals surface area contributed by atoms with E-state index < -0.39 is 21.6 Å². The fraction of sp³-hybridized carbons (Fsp3) is 0.105. The Morgan fingerprint density at radius 3 is 2.52 bits per heavy atom. The van der Waals surface area contributed by atoms with Gasteiger partial charge in [-0.1, -0.05) is 29.8 Å². The van der Waals surface area contributed by atoms with Crippen LogP contribution >= 0.6 is 22.9 Å². The molecule has 0 fully saturated rings. The molecule has 0 saturated heterocycles. The van der Waals surface area contributed by atoms with Crippen LogP contribution in [0, 0.1) is 5.82 Å². The van der Waals surface area contributed by atoms with Gasteiger partial charge in [-0.15, -0.1) is 11.3 Å². The number of hydrogen-bond donors (Lipinski definition) is 1. The van der Waals surface area contributed by atoms with Crippen LogP contribution in [0.15, 0.2) is 63.7 Å². The van der Waals surface area contributed by atoms with E-state index in [1.807, 2.05) is 0 Å². The molecule has 3 aromatic rings. The third-order valence-corrected chi connectivity index (χ3v) is 7.74. The Balaban J connectivity index is 1.85. The van der Waals surface area contributed by atoms with Gasteiger partial charge in [0.25, 0.3) is 0 Å². The van der Waals surface area contributed by atoms with Gasteiger partial charge in [0.2, 0.25) is 15.7 Å². The normalized spacial score (nSPS) is 16.7. The minimum absolute atomic E-state index is 0.0132. The first kappa shape index (κ1) is 18.2. The second-order valence-electron chi connectivity index (χ2n) is 6.12. The molecule has 138 valence electrons. The molecule has 0 spiro atoms. The van der Waals surface area contributed by atoms with Crippen LogP contribution in [0.5, 0.6) is 0 Å². The molecule has 2 aromatic carbocycles. The van der Waals surface area contributed by atoms with E-state index in [0.717, 1.165) is 0 Å². The van der Waals surface area contributed by atoms with Crippen molar-refractivity contribution in [2.45, 2.75) is 22.1 Å². The predicted molar refractivity (Wildman–Crippen MR) is 103 cm³/mol. The first-order valence-electron chi connectivity index (χ1n) is 8.04. The van der Waals surface area contributed by atoms with Gasteiger partial charge in [0.1, 0.15) is 10.7 Å². The second kappa shape index (κ2) is 6.74.